The van der Waals surface area contributed by atoms with E-state index >= 15 is 0 Å². The van der Waals surface area contributed by atoms with Gasteiger partial charge in [-0.15, -0.1) is 0 Å². The first-order chi connectivity index (χ1) is 8.58. The average Bonchev–Trinajstić information content (AvgIpc) is 2.33. The molecule has 0 heterocycles. The number of hydrogen-bond acceptors (Lipinski definition) is 3. The number of ether oxygens (including phenoxy) is 1. The largest absolute Gasteiger partial charge is 0.398 e. The van der Waals surface area contributed by atoms with Gasteiger partial charge in [-0.1, -0.05) is 29.3 Å². The third-order valence-electron chi connectivity index (χ3n) is 2.60. The van der Waals surface area contributed by atoms with Gasteiger partial charge in [-0.3, -0.25) is 4.79 Å². The Kier molecular flexibility index (Phi) is 6.15. The van der Waals surface area contributed by atoms with Crippen molar-refractivity contribution in [2.75, 3.05) is 19.5 Å². The summed E-state index contributed by atoms with van der Waals surface area (Å²) in [6, 6.07) is 5.26. The zero-order chi connectivity index (χ0) is 13.5. The summed E-state index contributed by atoms with van der Waals surface area (Å²) < 4.78 is 5.93. The number of rotatable bonds is 6. The molecule has 1 atom stereocenters. The van der Waals surface area contributed by atoms with E-state index in [9.17, 15) is 4.79 Å². The fraction of sp³-hybridized carbons (Fsp3) is 0.462. The van der Waals surface area contributed by atoms with E-state index in [1.165, 1.54) is 0 Å². The smallest absolute Gasteiger partial charge is 0.253 e. The normalized spacial score (nSPS) is 12.2. The number of methoxy groups -OCH3 is 1. The molecular weight excluding hydrogens is 296 g/mol. The number of amides is 1. The minimum absolute atomic E-state index is 0.0193. The molecule has 0 aromatic heterocycles. The highest BCUT2D eigenvalue weighted by Crippen LogP contribution is 2.18. The summed E-state index contributed by atoms with van der Waals surface area (Å²) in [5.74, 6) is -0.163. The van der Waals surface area contributed by atoms with Gasteiger partial charge in [0.05, 0.1) is 18.2 Å². The van der Waals surface area contributed by atoms with Gasteiger partial charge in [-0.25, -0.2) is 0 Å². The van der Waals surface area contributed by atoms with E-state index < -0.39 is 0 Å². The zero-order valence-corrected chi connectivity index (χ0v) is 12.3. The van der Waals surface area contributed by atoms with Crippen molar-refractivity contribution < 1.29 is 9.53 Å². The van der Waals surface area contributed by atoms with Gasteiger partial charge in [-0.2, -0.15) is 0 Å². The summed E-state index contributed by atoms with van der Waals surface area (Å²) >= 11 is 3.33. The molecule has 18 heavy (non-hydrogen) atoms. The van der Waals surface area contributed by atoms with Crippen molar-refractivity contribution in [2.24, 2.45) is 0 Å². The van der Waals surface area contributed by atoms with Gasteiger partial charge in [0.15, 0.2) is 0 Å². The summed E-state index contributed by atoms with van der Waals surface area (Å²) in [7, 11) is 1.63. The molecular formula is C13H19BrN2O2. The molecule has 3 N–H and O–H groups in total. The Bertz CT molecular complexity index is 404. The van der Waals surface area contributed by atoms with Crippen LogP contribution in [0.2, 0.25) is 0 Å². The van der Waals surface area contributed by atoms with Crippen LogP contribution in [0.25, 0.3) is 0 Å². The Hall–Kier alpha value is -1.07. The Labute approximate surface area is 116 Å². The minimum atomic E-state index is -0.163. The van der Waals surface area contributed by atoms with E-state index in [0.29, 0.717) is 17.9 Å². The van der Waals surface area contributed by atoms with Crippen LogP contribution >= 0.6 is 15.9 Å². The number of nitrogen functional groups attached to an aromatic ring is 1. The molecule has 1 unspecified atom stereocenters. The summed E-state index contributed by atoms with van der Waals surface area (Å²) in [6.07, 6.45) is 1.87. The van der Waals surface area contributed by atoms with E-state index in [-0.39, 0.29) is 11.9 Å². The number of nitrogens with one attached hydrogen (secondary N) is 1. The van der Waals surface area contributed by atoms with E-state index in [2.05, 4.69) is 28.2 Å². The van der Waals surface area contributed by atoms with Crippen molar-refractivity contribution >= 4 is 27.5 Å². The monoisotopic (exact) mass is 314 g/mol. The Morgan fingerprint density at radius 1 is 1.56 bits per heavy atom. The molecule has 5 heteroatoms. The first-order valence-corrected chi connectivity index (χ1v) is 6.72. The lowest BCUT2D eigenvalue weighted by Gasteiger charge is -2.17. The number of halogens is 1. The molecule has 0 saturated carbocycles. The van der Waals surface area contributed by atoms with Crippen LogP contribution in [0, 0.1) is 0 Å². The maximum atomic E-state index is 12.1. The first-order valence-electron chi connectivity index (χ1n) is 5.93. The van der Waals surface area contributed by atoms with Crippen molar-refractivity contribution in [1.29, 1.82) is 0 Å². The van der Waals surface area contributed by atoms with E-state index in [1.54, 1.807) is 19.2 Å². The van der Waals surface area contributed by atoms with Crippen molar-refractivity contribution in [3.05, 3.63) is 28.2 Å². The molecule has 0 spiro atoms. The van der Waals surface area contributed by atoms with Gasteiger partial charge in [0.1, 0.15) is 0 Å². The topological polar surface area (TPSA) is 64.3 Å². The van der Waals surface area contributed by atoms with Crippen LogP contribution in [-0.4, -0.2) is 25.7 Å². The maximum absolute atomic E-state index is 12.1. The van der Waals surface area contributed by atoms with Crippen molar-refractivity contribution in [3.63, 3.8) is 0 Å². The number of carbonyl (C=O) groups excluding carboxylic acids is 1. The SMILES string of the molecule is CCCC(COC)NC(=O)c1cc(Br)ccc1N. The van der Waals surface area contributed by atoms with E-state index in [0.717, 1.165) is 17.3 Å². The van der Waals surface area contributed by atoms with Crippen molar-refractivity contribution in [1.82, 2.24) is 5.32 Å². The molecule has 1 aromatic rings. The number of benzene rings is 1. The van der Waals surface area contributed by atoms with Gasteiger partial charge in [0, 0.05) is 17.3 Å². The Morgan fingerprint density at radius 2 is 2.28 bits per heavy atom. The van der Waals surface area contributed by atoms with Gasteiger partial charge in [-0.05, 0) is 24.6 Å². The second kappa shape index (κ2) is 7.38. The van der Waals surface area contributed by atoms with E-state index in [1.807, 2.05) is 6.07 Å². The molecule has 4 nitrogen and oxygen atoms in total. The number of anilines is 1. The molecule has 0 bridgehead atoms. The van der Waals surface area contributed by atoms with Crippen LogP contribution in [0.4, 0.5) is 5.69 Å². The lowest BCUT2D eigenvalue weighted by molar-refractivity contribution is 0.0892. The lowest BCUT2D eigenvalue weighted by Crippen LogP contribution is -2.38. The predicted molar refractivity (Wildman–Crippen MR) is 76.6 cm³/mol. The molecule has 0 aliphatic rings. The van der Waals surface area contributed by atoms with Crippen LogP contribution < -0.4 is 11.1 Å². The molecule has 1 amide bonds. The molecule has 0 fully saturated rings. The van der Waals surface area contributed by atoms with Gasteiger partial charge in [0.2, 0.25) is 0 Å². The fourth-order valence-corrected chi connectivity index (χ4v) is 2.10. The third kappa shape index (κ3) is 4.31. The second-order valence-electron chi connectivity index (χ2n) is 4.15. The van der Waals surface area contributed by atoms with Gasteiger partial charge in [0.25, 0.3) is 5.91 Å². The predicted octanol–water partition coefficient (Wildman–Crippen LogP) is 2.58. The quantitative estimate of drug-likeness (QED) is 0.793. The summed E-state index contributed by atoms with van der Waals surface area (Å²) in [6.45, 7) is 2.58. The van der Waals surface area contributed by atoms with Crippen LogP contribution in [0.5, 0.6) is 0 Å². The number of carbonyl (C=O) groups is 1. The number of nitrogens with two attached hydrogens (primary N) is 1. The molecule has 1 aromatic carbocycles. The highest BCUT2D eigenvalue weighted by molar-refractivity contribution is 9.10. The van der Waals surface area contributed by atoms with Crippen molar-refractivity contribution in [2.45, 2.75) is 25.8 Å². The second-order valence-corrected chi connectivity index (χ2v) is 5.06. The van der Waals surface area contributed by atoms with Gasteiger partial charge >= 0.3 is 0 Å². The highest BCUT2D eigenvalue weighted by Gasteiger charge is 2.15. The summed E-state index contributed by atoms with van der Waals surface area (Å²) in [5, 5.41) is 2.94. The molecule has 0 saturated heterocycles. The fourth-order valence-electron chi connectivity index (χ4n) is 1.74. The minimum Gasteiger partial charge on any atom is -0.398 e. The van der Waals surface area contributed by atoms with Crippen LogP contribution in [0.1, 0.15) is 30.1 Å². The molecule has 1 rings (SSSR count). The first kappa shape index (κ1) is 15.0. The Balaban J connectivity index is 2.76. The van der Waals surface area contributed by atoms with Crippen LogP contribution in [0.3, 0.4) is 0 Å². The average molecular weight is 315 g/mol. The van der Waals surface area contributed by atoms with Crippen molar-refractivity contribution in [3.8, 4) is 0 Å². The number of hydrogen-bond donors (Lipinski definition) is 2. The van der Waals surface area contributed by atoms with E-state index in [4.69, 9.17) is 10.5 Å². The summed E-state index contributed by atoms with van der Waals surface area (Å²) in [5.41, 5.74) is 6.76. The third-order valence-corrected chi connectivity index (χ3v) is 3.09. The Morgan fingerprint density at radius 3 is 2.89 bits per heavy atom. The zero-order valence-electron chi connectivity index (χ0n) is 10.7. The molecule has 100 valence electrons. The molecule has 0 aliphatic heterocycles. The molecule has 0 radical (unpaired) electrons. The lowest BCUT2D eigenvalue weighted by atomic mass is 10.1. The summed E-state index contributed by atoms with van der Waals surface area (Å²) in [4.78, 5) is 12.1. The highest BCUT2D eigenvalue weighted by atomic mass is 79.9. The van der Waals surface area contributed by atoms with Gasteiger partial charge < -0.3 is 15.8 Å². The standard InChI is InChI=1S/C13H19BrN2O2/c1-3-4-10(8-18-2)16-13(17)11-7-9(14)5-6-12(11)15/h5-7,10H,3-4,8,15H2,1-2H3,(H,16,17). The van der Waals surface area contributed by atoms with Crippen LogP contribution in [-0.2, 0) is 4.74 Å². The molecule has 0 aliphatic carbocycles. The maximum Gasteiger partial charge on any atom is 0.253 e. The van der Waals surface area contributed by atoms with Crippen LogP contribution in [0.15, 0.2) is 22.7 Å².